The lowest BCUT2D eigenvalue weighted by Gasteiger charge is -2.09. The lowest BCUT2D eigenvalue weighted by Crippen LogP contribution is -1.95. The molecule has 3 rings (SSSR count). The third-order valence-electron chi connectivity index (χ3n) is 3.44. The summed E-state index contributed by atoms with van der Waals surface area (Å²) in [5.41, 5.74) is 2.31. The number of methoxy groups -OCH3 is 1. The average Bonchev–Trinajstić information content (AvgIpc) is 3.04. The number of nitriles is 1. The van der Waals surface area contributed by atoms with Gasteiger partial charge in [0.2, 0.25) is 0 Å². The van der Waals surface area contributed by atoms with Crippen LogP contribution in [0.25, 0.3) is 21.9 Å². The number of aromatic nitrogens is 1. The van der Waals surface area contributed by atoms with Gasteiger partial charge < -0.3 is 9.47 Å². The van der Waals surface area contributed by atoms with Crippen molar-refractivity contribution in [1.29, 1.82) is 5.26 Å². The van der Waals surface area contributed by atoms with Crippen molar-refractivity contribution in [3.8, 4) is 17.6 Å². The van der Waals surface area contributed by atoms with E-state index in [4.69, 9.17) is 9.47 Å². The van der Waals surface area contributed by atoms with Crippen molar-refractivity contribution in [2.24, 2.45) is 0 Å². The van der Waals surface area contributed by atoms with Crippen LogP contribution >= 0.6 is 11.3 Å². The minimum absolute atomic E-state index is 0.531. The van der Waals surface area contributed by atoms with E-state index in [2.05, 4.69) is 11.1 Å². The van der Waals surface area contributed by atoms with E-state index in [1.165, 1.54) is 11.3 Å². The van der Waals surface area contributed by atoms with Crippen LogP contribution in [0.5, 0.6) is 11.5 Å². The maximum atomic E-state index is 9.53. The summed E-state index contributed by atoms with van der Waals surface area (Å²) in [6.45, 7) is 2.47. The Morgan fingerprint density at radius 2 is 2.08 bits per heavy atom. The second-order valence-corrected chi connectivity index (χ2v) is 6.03. The summed E-state index contributed by atoms with van der Waals surface area (Å²) >= 11 is 1.51. The van der Waals surface area contributed by atoms with E-state index in [0.29, 0.717) is 28.7 Å². The number of para-hydroxylation sites is 1. The van der Waals surface area contributed by atoms with Crippen molar-refractivity contribution in [3.63, 3.8) is 0 Å². The molecule has 0 spiro atoms. The van der Waals surface area contributed by atoms with E-state index in [-0.39, 0.29) is 0 Å². The van der Waals surface area contributed by atoms with Gasteiger partial charge in [-0.05, 0) is 42.8 Å². The van der Waals surface area contributed by atoms with E-state index < -0.39 is 0 Å². The van der Waals surface area contributed by atoms with Crippen LogP contribution in [0.1, 0.15) is 17.5 Å². The maximum Gasteiger partial charge on any atom is 0.161 e. The van der Waals surface area contributed by atoms with Gasteiger partial charge in [-0.25, -0.2) is 4.98 Å². The molecule has 0 saturated heterocycles. The first-order valence-electron chi connectivity index (χ1n) is 7.53. The van der Waals surface area contributed by atoms with Gasteiger partial charge in [0.15, 0.2) is 11.5 Å². The molecule has 0 aliphatic rings. The van der Waals surface area contributed by atoms with Crippen LogP contribution in [0.15, 0.2) is 42.5 Å². The molecule has 1 aromatic heterocycles. The fraction of sp³-hybridized carbons (Fsp3) is 0.158. The molecule has 0 radical (unpaired) electrons. The number of hydrogen-bond donors (Lipinski definition) is 0. The molecule has 0 atom stereocenters. The van der Waals surface area contributed by atoms with Crippen molar-refractivity contribution in [3.05, 3.63) is 53.0 Å². The van der Waals surface area contributed by atoms with Gasteiger partial charge in [-0.2, -0.15) is 5.26 Å². The van der Waals surface area contributed by atoms with E-state index in [9.17, 15) is 5.26 Å². The number of rotatable bonds is 5. The van der Waals surface area contributed by atoms with Gasteiger partial charge in [-0.3, -0.25) is 0 Å². The van der Waals surface area contributed by atoms with E-state index >= 15 is 0 Å². The molecule has 1 heterocycles. The first-order chi connectivity index (χ1) is 11.7. The predicted octanol–water partition coefficient (Wildman–Crippen LogP) is 4.77. The summed E-state index contributed by atoms with van der Waals surface area (Å²) in [4.78, 5) is 4.54. The zero-order valence-electron chi connectivity index (χ0n) is 13.4. The fourth-order valence-corrected chi connectivity index (χ4v) is 3.28. The summed E-state index contributed by atoms with van der Waals surface area (Å²) in [5.74, 6) is 1.34. The number of fused-ring (bicyclic) bond motifs is 1. The Bertz CT molecular complexity index is 905. The summed E-state index contributed by atoms with van der Waals surface area (Å²) in [7, 11) is 1.61. The highest BCUT2D eigenvalue weighted by molar-refractivity contribution is 7.19. The molecule has 0 aliphatic heterocycles. The smallest absolute Gasteiger partial charge is 0.161 e. The first-order valence-corrected chi connectivity index (χ1v) is 8.35. The number of hydrogen-bond acceptors (Lipinski definition) is 5. The molecule has 0 saturated carbocycles. The van der Waals surface area contributed by atoms with Crippen molar-refractivity contribution < 1.29 is 9.47 Å². The third-order valence-corrected chi connectivity index (χ3v) is 4.51. The van der Waals surface area contributed by atoms with E-state index in [0.717, 1.165) is 15.8 Å². The minimum Gasteiger partial charge on any atom is -0.493 e. The lowest BCUT2D eigenvalue weighted by atomic mass is 10.1. The van der Waals surface area contributed by atoms with E-state index in [1.54, 1.807) is 7.11 Å². The molecule has 5 heteroatoms. The predicted molar refractivity (Wildman–Crippen MR) is 97.3 cm³/mol. The molecular formula is C19H16N2O2S. The Balaban J connectivity index is 2.01. The normalized spacial score (nSPS) is 11.3. The quantitative estimate of drug-likeness (QED) is 0.630. The fourth-order valence-electron chi connectivity index (χ4n) is 2.35. The Morgan fingerprint density at radius 3 is 2.79 bits per heavy atom. The molecule has 0 fully saturated rings. The Kier molecular flexibility index (Phi) is 4.78. The highest BCUT2D eigenvalue weighted by Crippen LogP contribution is 2.31. The molecule has 0 N–H and O–H groups in total. The number of ether oxygens (including phenoxy) is 2. The molecular weight excluding hydrogens is 320 g/mol. The molecule has 0 unspecified atom stereocenters. The van der Waals surface area contributed by atoms with Gasteiger partial charge in [0.05, 0.1) is 29.5 Å². The summed E-state index contributed by atoms with van der Waals surface area (Å²) in [6.07, 6.45) is 1.82. The lowest BCUT2D eigenvalue weighted by molar-refractivity contribution is 0.311. The molecule has 2 aromatic carbocycles. The second kappa shape index (κ2) is 7.16. The Hall–Kier alpha value is -2.84. The molecule has 24 heavy (non-hydrogen) atoms. The van der Waals surface area contributed by atoms with Gasteiger partial charge in [-0.15, -0.1) is 11.3 Å². The van der Waals surface area contributed by atoms with Crippen LogP contribution in [-0.2, 0) is 0 Å². The van der Waals surface area contributed by atoms with Gasteiger partial charge in [0.1, 0.15) is 11.1 Å². The summed E-state index contributed by atoms with van der Waals surface area (Å²) < 4.78 is 11.9. The zero-order valence-corrected chi connectivity index (χ0v) is 14.3. The highest BCUT2D eigenvalue weighted by atomic mass is 32.1. The summed E-state index contributed by atoms with van der Waals surface area (Å²) in [5, 5.41) is 10.2. The molecule has 0 aliphatic carbocycles. The second-order valence-electron chi connectivity index (χ2n) is 5.00. The molecule has 4 nitrogen and oxygen atoms in total. The van der Waals surface area contributed by atoms with Gasteiger partial charge in [0.25, 0.3) is 0 Å². The molecule has 0 amide bonds. The molecule has 3 aromatic rings. The summed E-state index contributed by atoms with van der Waals surface area (Å²) in [6, 6.07) is 15.7. The van der Waals surface area contributed by atoms with E-state index in [1.807, 2.05) is 55.5 Å². The van der Waals surface area contributed by atoms with Crippen molar-refractivity contribution >= 4 is 33.2 Å². The Morgan fingerprint density at radius 1 is 1.25 bits per heavy atom. The maximum absolute atomic E-state index is 9.53. The van der Waals surface area contributed by atoms with Gasteiger partial charge in [0, 0.05) is 0 Å². The highest BCUT2D eigenvalue weighted by Gasteiger charge is 2.10. The van der Waals surface area contributed by atoms with Gasteiger partial charge in [-0.1, -0.05) is 18.2 Å². The van der Waals surface area contributed by atoms with Crippen molar-refractivity contribution in [1.82, 2.24) is 4.98 Å². The SMILES string of the molecule is CCOc1cc(/C=C(/C#N)c2nc3ccccc3s2)ccc1OC. The van der Waals surface area contributed by atoms with Crippen LogP contribution in [0.3, 0.4) is 0 Å². The van der Waals surface area contributed by atoms with Gasteiger partial charge >= 0.3 is 0 Å². The van der Waals surface area contributed by atoms with Crippen molar-refractivity contribution in [2.75, 3.05) is 13.7 Å². The zero-order chi connectivity index (χ0) is 16.9. The third kappa shape index (κ3) is 3.24. The monoisotopic (exact) mass is 336 g/mol. The molecule has 120 valence electrons. The van der Waals surface area contributed by atoms with Crippen LogP contribution < -0.4 is 9.47 Å². The number of allylic oxidation sites excluding steroid dienone is 1. The average molecular weight is 336 g/mol. The number of thiazole rings is 1. The van der Waals surface area contributed by atoms with Crippen molar-refractivity contribution in [2.45, 2.75) is 6.92 Å². The standard InChI is InChI=1S/C19H16N2O2S/c1-3-23-17-11-13(8-9-16(17)22-2)10-14(12-20)19-21-15-6-4-5-7-18(15)24-19/h4-11H,3H2,1-2H3/b14-10-. The Labute approximate surface area is 144 Å². The van der Waals surface area contributed by atoms with Crippen LogP contribution in [-0.4, -0.2) is 18.7 Å². The van der Waals surface area contributed by atoms with Crippen LogP contribution in [0.2, 0.25) is 0 Å². The topological polar surface area (TPSA) is 55.1 Å². The molecule has 0 bridgehead atoms. The number of nitrogens with zero attached hydrogens (tertiary/aromatic N) is 2. The largest absolute Gasteiger partial charge is 0.493 e. The van der Waals surface area contributed by atoms with Crippen LogP contribution in [0, 0.1) is 11.3 Å². The number of benzene rings is 2. The minimum atomic E-state index is 0.531. The first kappa shape index (κ1) is 16.0. The van der Waals surface area contributed by atoms with Crippen LogP contribution in [0.4, 0.5) is 0 Å².